The van der Waals surface area contributed by atoms with Gasteiger partial charge in [-0.25, -0.2) is 0 Å². The molecule has 2 atom stereocenters. The van der Waals surface area contributed by atoms with E-state index in [0.717, 1.165) is 37.8 Å². The number of likely N-dealkylation sites (tertiary alicyclic amines) is 1. The first kappa shape index (κ1) is 15.8. The van der Waals surface area contributed by atoms with Crippen LogP contribution in [0.1, 0.15) is 45.4 Å². The number of rotatable bonds is 5. The second-order valence-corrected chi connectivity index (χ2v) is 6.98. The number of piperidine rings is 1. The van der Waals surface area contributed by atoms with E-state index in [4.69, 9.17) is 5.11 Å². The molecule has 4 heteroatoms. The molecule has 2 unspecified atom stereocenters. The summed E-state index contributed by atoms with van der Waals surface area (Å²) >= 11 is 0. The summed E-state index contributed by atoms with van der Waals surface area (Å²) in [5.74, 6) is 1.09. The fourth-order valence-electron chi connectivity index (χ4n) is 3.98. The summed E-state index contributed by atoms with van der Waals surface area (Å²) in [4.78, 5) is 15.4. The lowest BCUT2D eigenvalue weighted by Crippen LogP contribution is -2.46. The van der Waals surface area contributed by atoms with Crippen LogP contribution in [0.3, 0.4) is 0 Å². The number of hydrogen-bond acceptors (Lipinski definition) is 3. The van der Waals surface area contributed by atoms with E-state index >= 15 is 0 Å². The van der Waals surface area contributed by atoms with Crippen LogP contribution >= 0.6 is 0 Å². The first-order valence-electron chi connectivity index (χ1n) is 8.19. The predicted molar refractivity (Wildman–Crippen MR) is 80.8 cm³/mol. The van der Waals surface area contributed by atoms with E-state index in [1.807, 2.05) is 11.9 Å². The molecular formula is C16H30N2O2. The molecule has 0 bridgehead atoms. The maximum absolute atomic E-state index is 10.8. The van der Waals surface area contributed by atoms with E-state index in [0.29, 0.717) is 6.04 Å². The molecule has 1 saturated carbocycles. The molecule has 2 rings (SSSR count). The third kappa shape index (κ3) is 4.74. The van der Waals surface area contributed by atoms with Gasteiger partial charge in [0.15, 0.2) is 0 Å². The number of likely N-dealkylation sites (N-methyl/N-ethyl adjacent to an activating group) is 1. The average Bonchev–Trinajstić information content (AvgIpc) is 2.38. The van der Waals surface area contributed by atoms with Gasteiger partial charge in [-0.3, -0.25) is 9.69 Å². The van der Waals surface area contributed by atoms with Crippen molar-refractivity contribution in [2.75, 3.05) is 33.2 Å². The van der Waals surface area contributed by atoms with Crippen molar-refractivity contribution in [3.63, 3.8) is 0 Å². The second kappa shape index (κ2) is 7.41. The fourth-order valence-corrected chi connectivity index (χ4v) is 3.98. The zero-order chi connectivity index (χ0) is 14.5. The first-order valence-corrected chi connectivity index (χ1v) is 8.19. The summed E-state index contributed by atoms with van der Waals surface area (Å²) in [6.45, 7) is 6.10. The molecular weight excluding hydrogens is 252 g/mol. The SMILES string of the molecule is CC1CCCC(CN2CCC(N(C)CC(=O)O)CC2)C1. The average molecular weight is 282 g/mol. The highest BCUT2D eigenvalue weighted by molar-refractivity contribution is 5.69. The lowest BCUT2D eigenvalue weighted by atomic mass is 9.82. The minimum absolute atomic E-state index is 0.171. The van der Waals surface area contributed by atoms with E-state index in [1.54, 1.807) is 0 Å². The van der Waals surface area contributed by atoms with Crippen LogP contribution in [0.2, 0.25) is 0 Å². The summed E-state index contributed by atoms with van der Waals surface area (Å²) in [5, 5.41) is 8.86. The molecule has 4 nitrogen and oxygen atoms in total. The van der Waals surface area contributed by atoms with Crippen molar-refractivity contribution in [3.8, 4) is 0 Å². The summed E-state index contributed by atoms with van der Waals surface area (Å²) in [5.41, 5.74) is 0. The van der Waals surface area contributed by atoms with Crippen molar-refractivity contribution in [1.29, 1.82) is 0 Å². The zero-order valence-electron chi connectivity index (χ0n) is 13.1. The van der Waals surface area contributed by atoms with Gasteiger partial charge in [0.2, 0.25) is 0 Å². The Morgan fingerprint density at radius 3 is 2.55 bits per heavy atom. The lowest BCUT2D eigenvalue weighted by Gasteiger charge is -2.38. The van der Waals surface area contributed by atoms with Gasteiger partial charge in [0.05, 0.1) is 6.54 Å². The van der Waals surface area contributed by atoms with Crippen LogP contribution in [0.25, 0.3) is 0 Å². The Kier molecular flexibility index (Phi) is 5.85. The molecule has 1 N–H and O–H groups in total. The fraction of sp³-hybridized carbons (Fsp3) is 0.938. The standard InChI is InChI=1S/C16H30N2O2/c1-13-4-3-5-14(10-13)11-18-8-6-15(7-9-18)17(2)12-16(19)20/h13-15H,3-12H2,1-2H3,(H,19,20). The summed E-state index contributed by atoms with van der Waals surface area (Å²) in [7, 11) is 1.94. The largest absolute Gasteiger partial charge is 0.480 e. The van der Waals surface area contributed by atoms with E-state index in [1.165, 1.54) is 32.2 Å². The molecule has 20 heavy (non-hydrogen) atoms. The highest BCUT2D eigenvalue weighted by atomic mass is 16.4. The van der Waals surface area contributed by atoms with Gasteiger partial charge < -0.3 is 10.0 Å². The van der Waals surface area contributed by atoms with Gasteiger partial charge in [-0.1, -0.05) is 19.8 Å². The molecule has 1 aliphatic heterocycles. The highest BCUT2D eigenvalue weighted by Crippen LogP contribution is 2.29. The Morgan fingerprint density at radius 2 is 1.95 bits per heavy atom. The minimum Gasteiger partial charge on any atom is -0.480 e. The van der Waals surface area contributed by atoms with E-state index in [-0.39, 0.29) is 6.54 Å². The van der Waals surface area contributed by atoms with Crippen molar-refractivity contribution in [2.45, 2.75) is 51.5 Å². The molecule has 0 amide bonds. The number of nitrogens with zero attached hydrogens (tertiary/aromatic N) is 2. The smallest absolute Gasteiger partial charge is 0.317 e. The molecule has 1 heterocycles. The van der Waals surface area contributed by atoms with E-state index < -0.39 is 5.97 Å². The maximum Gasteiger partial charge on any atom is 0.317 e. The Labute approximate surface area is 123 Å². The van der Waals surface area contributed by atoms with Crippen LogP contribution in [0.5, 0.6) is 0 Å². The van der Waals surface area contributed by atoms with Crippen LogP contribution < -0.4 is 0 Å². The number of aliphatic carboxylic acids is 1. The van der Waals surface area contributed by atoms with Gasteiger partial charge in [0.25, 0.3) is 0 Å². The topological polar surface area (TPSA) is 43.8 Å². The summed E-state index contributed by atoms with van der Waals surface area (Å²) in [6, 6.07) is 0.452. The highest BCUT2D eigenvalue weighted by Gasteiger charge is 2.26. The number of carbonyl (C=O) groups is 1. The van der Waals surface area contributed by atoms with Crippen molar-refractivity contribution < 1.29 is 9.90 Å². The zero-order valence-corrected chi connectivity index (χ0v) is 13.1. The minimum atomic E-state index is -0.717. The molecule has 2 aliphatic rings. The van der Waals surface area contributed by atoms with Gasteiger partial charge in [0, 0.05) is 12.6 Å². The van der Waals surface area contributed by atoms with Crippen LogP contribution in [-0.2, 0) is 4.79 Å². The molecule has 0 aromatic heterocycles. The normalized spacial score (nSPS) is 29.8. The van der Waals surface area contributed by atoms with Gasteiger partial charge >= 0.3 is 5.97 Å². The second-order valence-electron chi connectivity index (χ2n) is 6.98. The third-order valence-electron chi connectivity index (χ3n) is 5.13. The molecule has 1 saturated heterocycles. The summed E-state index contributed by atoms with van der Waals surface area (Å²) < 4.78 is 0. The molecule has 2 fully saturated rings. The quantitative estimate of drug-likeness (QED) is 0.840. The van der Waals surface area contributed by atoms with Gasteiger partial charge in [-0.15, -0.1) is 0 Å². The molecule has 0 radical (unpaired) electrons. The van der Waals surface area contributed by atoms with Crippen molar-refractivity contribution >= 4 is 5.97 Å². The Balaban J connectivity index is 1.70. The Hall–Kier alpha value is -0.610. The molecule has 1 aliphatic carbocycles. The molecule has 0 aromatic rings. The summed E-state index contributed by atoms with van der Waals surface area (Å²) in [6.07, 6.45) is 7.86. The van der Waals surface area contributed by atoms with Crippen molar-refractivity contribution in [2.24, 2.45) is 11.8 Å². The number of hydrogen-bond donors (Lipinski definition) is 1. The van der Waals surface area contributed by atoms with E-state index in [2.05, 4.69) is 11.8 Å². The predicted octanol–water partition coefficient (Wildman–Crippen LogP) is 2.29. The number of carboxylic acid groups (broad SMARTS) is 1. The monoisotopic (exact) mass is 282 g/mol. The maximum atomic E-state index is 10.8. The third-order valence-corrected chi connectivity index (χ3v) is 5.13. The van der Waals surface area contributed by atoms with Crippen LogP contribution in [0, 0.1) is 11.8 Å². The van der Waals surface area contributed by atoms with Crippen LogP contribution in [-0.4, -0.2) is 60.1 Å². The molecule has 116 valence electrons. The first-order chi connectivity index (χ1) is 9.54. The Bertz CT molecular complexity index is 314. The molecule has 0 aromatic carbocycles. The van der Waals surface area contributed by atoms with Gasteiger partial charge in [-0.05, 0) is 57.7 Å². The van der Waals surface area contributed by atoms with Gasteiger partial charge in [-0.2, -0.15) is 0 Å². The number of carboxylic acids is 1. The van der Waals surface area contributed by atoms with Crippen LogP contribution in [0.4, 0.5) is 0 Å². The van der Waals surface area contributed by atoms with E-state index in [9.17, 15) is 4.79 Å². The lowest BCUT2D eigenvalue weighted by molar-refractivity contribution is -0.138. The Morgan fingerprint density at radius 1 is 1.25 bits per heavy atom. The van der Waals surface area contributed by atoms with Crippen molar-refractivity contribution in [3.05, 3.63) is 0 Å². The van der Waals surface area contributed by atoms with Gasteiger partial charge in [0.1, 0.15) is 0 Å². The molecule has 0 spiro atoms. The van der Waals surface area contributed by atoms with Crippen molar-refractivity contribution in [1.82, 2.24) is 9.80 Å². The van der Waals surface area contributed by atoms with Crippen LogP contribution in [0.15, 0.2) is 0 Å².